The van der Waals surface area contributed by atoms with Gasteiger partial charge in [-0.2, -0.15) is 0 Å². The Morgan fingerprint density at radius 2 is 1.88 bits per heavy atom. The molecular formula is C20H28N2O3. The van der Waals surface area contributed by atoms with Crippen molar-refractivity contribution in [2.24, 2.45) is 0 Å². The first-order chi connectivity index (χ1) is 12.0. The van der Waals surface area contributed by atoms with Gasteiger partial charge in [-0.15, -0.1) is 0 Å². The predicted molar refractivity (Wildman–Crippen MR) is 96.3 cm³/mol. The lowest BCUT2D eigenvalue weighted by Crippen LogP contribution is -2.54. The number of benzene rings is 1. The second kappa shape index (κ2) is 7.56. The number of nitrogens with zero attached hydrogens (tertiary/aromatic N) is 1. The Kier molecular flexibility index (Phi) is 5.42. The van der Waals surface area contributed by atoms with Gasteiger partial charge in [0.1, 0.15) is 6.04 Å². The van der Waals surface area contributed by atoms with Crippen LogP contribution in [0.3, 0.4) is 0 Å². The molecule has 1 heterocycles. The molecule has 0 bridgehead atoms. The van der Waals surface area contributed by atoms with Crippen molar-refractivity contribution in [3.8, 4) is 0 Å². The highest BCUT2D eigenvalue weighted by atomic mass is 16.5. The fourth-order valence-corrected chi connectivity index (χ4v) is 4.02. The summed E-state index contributed by atoms with van der Waals surface area (Å²) in [5.41, 5.74) is 1.74. The third-order valence-electron chi connectivity index (χ3n) is 5.50. The predicted octanol–water partition coefficient (Wildman–Crippen LogP) is 2.17. The van der Waals surface area contributed by atoms with Crippen molar-refractivity contribution in [1.82, 2.24) is 10.2 Å². The Morgan fingerprint density at radius 3 is 2.52 bits per heavy atom. The van der Waals surface area contributed by atoms with Crippen LogP contribution < -0.4 is 5.32 Å². The zero-order chi connectivity index (χ0) is 17.9. The van der Waals surface area contributed by atoms with E-state index >= 15 is 0 Å². The van der Waals surface area contributed by atoms with Gasteiger partial charge in [-0.25, -0.2) is 0 Å². The average Bonchev–Trinajstić information content (AvgIpc) is 3.13. The van der Waals surface area contributed by atoms with E-state index in [1.807, 2.05) is 12.1 Å². The summed E-state index contributed by atoms with van der Waals surface area (Å²) in [4.78, 5) is 27.5. The lowest BCUT2D eigenvalue weighted by molar-refractivity contribution is -0.140. The largest absolute Gasteiger partial charge is 0.378 e. The topological polar surface area (TPSA) is 58.6 Å². The summed E-state index contributed by atoms with van der Waals surface area (Å²) in [6, 6.07) is 7.72. The first-order valence-corrected chi connectivity index (χ1v) is 9.27. The Hall–Kier alpha value is -1.88. The van der Waals surface area contributed by atoms with Crippen molar-refractivity contribution < 1.29 is 14.3 Å². The highest BCUT2D eigenvalue weighted by Gasteiger charge is 2.43. The molecule has 0 unspecified atom stereocenters. The zero-order valence-corrected chi connectivity index (χ0v) is 15.2. The third kappa shape index (κ3) is 3.71. The average molecular weight is 344 g/mol. The number of carbonyl (C=O) groups excluding carboxylic acids is 2. The van der Waals surface area contributed by atoms with Gasteiger partial charge in [0.05, 0.1) is 18.6 Å². The van der Waals surface area contributed by atoms with E-state index in [0.717, 1.165) is 36.8 Å². The minimum Gasteiger partial charge on any atom is -0.378 e. The molecule has 2 fully saturated rings. The normalized spacial score (nSPS) is 21.0. The van der Waals surface area contributed by atoms with E-state index in [0.29, 0.717) is 26.3 Å². The quantitative estimate of drug-likeness (QED) is 0.911. The van der Waals surface area contributed by atoms with E-state index < -0.39 is 11.5 Å². The minimum absolute atomic E-state index is 0.00953. The number of aryl methyl sites for hydroxylation is 1. The lowest BCUT2D eigenvalue weighted by Gasteiger charge is -2.33. The summed E-state index contributed by atoms with van der Waals surface area (Å²) in [6.07, 6.45) is 3.79. The number of rotatable bonds is 4. The molecule has 1 aliphatic carbocycles. The fourth-order valence-electron chi connectivity index (χ4n) is 4.02. The number of amides is 2. The van der Waals surface area contributed by atoms with Gasteiger partial charge < -0.3 is 15.0 Å². The summed E-state index contributed by atoms with van der Waals surface area (Å²) in [5, 5.41) is 3.01. The second-order valence-electron chi connectivity index (χ2n) is 7.29. The van der Waals surface area contributed by atoms with Crippen LogP contribution in [-0.2, 0) is 19.7 Å². The van der Waals surface area contributed by atoms with E-state index in [9.17, 15) is 9.59 Å². The molecular weight excluding hydrogens is 316 g/mol. The van der Waals surface area contributed by atoms with Crippen LogP contribution in [0.15, 0.2) is 24.3 Å². The van der Waals surface area contributed by atoms with Crippen LogP contribution in [0.2, 0.25) is 0 Å². The summed E-state index contributed by atoms with van der Waals surface area (Å²) >= 11 is 0. The Morgan fingerprint density at radius 1 is 1.20 bits per heavy atom. The van der Waals surface area contributed by atoms with Gasteiger partial charge >= 0.3 is 0 Å². The van der Waals surface area contributed by atoms with Crippen LogP contribution in [0.5, 0.6) is 0 Å². The molecule has 1 saturated carbocycles. The molecule has 1 aromatic carbocycles. The van der Waals surface area contributed by atoms with Gasteiger partial charge in [0.15, 0.2) is 0 Å². The summed E-state index contributed by atoms with van der Waals surface area (Å²) in [7, 11) is 0. The van der Waals surface area contributed by atoms with Crippen LogP contribution in [0.4, 0.5) is 0 Å². The number of nitrogens with one attached hydrogen (secondary N) is 1. The number of hydrogen-bond donors (Lipinski definition) is 1. The first kappa shape index (κ1) is 17.9. The standard InChI is InChI=1S/C20H28N2O3/c1-15-6-5-7-17(14-15)20(8-3-4-9-20)19(24)21-16(2)18(23)22-10-12-25-13-11-22/h5-7,14,16H,3-4,8-13H2,1-2H3,(H,21,24)/t16-/m0/s1. The first-order valence-electron chi connectivity index (χ1n) is 9.27. The molecule has 25 heavy (non-hydrogen) atoms. The van der Waals surface area contributed by atoms with Crippen molar-refractivity contribution in [2.45, 2.75) is 51.0 Å². The van der Waals surface area contributed by atoms with Crippen LogP contribution in [0.1, 0.15) is 43.7 Å². The summed E-state index contributed by atoms with van der Waals surface area (Å²) in [6.45, 7) is 6.17. The molecule has 1 saturated heterocycles. The summed E-state index contributed by atoms with van der Waals surface area (Å²) < 4.78 is 5.30. The number of hydrogen-bond acceptors (Lipinski definition) is 3. The van der Waals surface area contributed by atoms with Crippen LogP contribution >= 0.6 is 0 Å². The van der Waals surface area contributed by atoms with Gasteiger partial charge in [0.25, 0.3) is 0 Å². The van der Waals surface area contributed by atoms with E-state index in [4.69, 9.17) is 4.74 Å². The molecule has 5 heteroatoms. The van der Waals surface area contributed by atoms with Crippen molar-refractivity contribution in [3.05, 3.63) is 35.4 Å². The highest BCUT2D eigenvalue weighted by molar-refractivity contribution is 5.93. The molecule has 5 nitrogen and oxygen atoms in total. The fraction of sp³-hybridized carbons (Fsp3) is 0.600. The molecule has 2 amide bonds. The van der Waals surface area contributed by atoms with Crippen molar-refractivity contribution in [2.75, 3.05) is 26.3 Å². The molecule has 3 rings (SSSR count). The maximum atomic E-state index is 13.2. The maximum absolute atomic E-state index is 13.2. The second-order valence-corrected chi connectivity index (χ2v) is 7.29. The van der Waals surface area contributed by atoms with Crippen molar-refractivity contribution in [3.63, 3.8) is 0 Å². The third-order valence-corrected chi connectivity index (χ3v) is 5.50. The number of morpholine rings is 1. The molecule has 0 spiro atoms. The van der Waals surface area contributed by atoms with Gasteiger partial charge in [-0.3, -0.25) is 9.59 Å². The highest BCUT2D eigenvalue weighted by Crippen LogP contribution is 2.41. The molecule has 1 aromatic rings. The van der Waals surface area contributed by atoms with Crippen LogP contribution in [0, 0.1) is 6.92 Å². The zero-order valence-electron chi connectivity index (χ0n) is 15.2. The number of carbonyl (C=O) groups is 2. The van der Waals surface area contributed by atoms with E-state index in [2.05, 4.69) is 24.4 Å². The van der Waals surface area contributed by atoms with Gasteiger partial charge in [0.2, 0.25) is 11.8 Å². The van der Waals surface area contributed by atoms with Gasteiger partial charge in [-0.05, 0) is 32.3 Å². The molecule has 1 N–H and O–H groups in total. The lowest BCUT2D eigenvalue weighted by atomic mass is 9.77. The van der Waals surface area contributed by atoms with E-state index in [-0.39, 0.29) is 11.8 Å². The summed E-state index contributed by atoms with van der Waals surface area (Å²) in [5.74, 6) is -0.0289. The van der Waals surface area contributed by atoms with Crippen molar-refractivity contribution in [1.29, 1.82) is 0 Å². The molecule has 0 radical (unpaired) electrons. The molecule has 0 aromatic heterocycles. The minimum atomic E-state index is -0.507. The van der Waals surface area contributed by atoms with E-state index in [1.165, 1.54) is 0 Å². The number of ether oxygens (including phenoxy) is 1. The molecule has 2 aliphatic rings. The SMILES string of the molecule is Cc1cccc(C2(C(=O)N[C@@H](C)C(=O)N3CCOCC3)CCCC2)c1. The van der Waals surface area contributed by atoms with Gasteiger partial charge in [-0.1, -0.05) is 42.7 Å². The molecule has 1 atom stereocenters. The van der Waals surface area contributed by atoms with Crippen LogP contribution in [0.25, 0.3) is 0 Å². The molecule has 136 valence electrons. The smallest absolute Gasteiger partial charge is 0.245 e. The Bertz CT molecular complexity index is 632. The Labute approximate surface area is 149 Å². The van der Waals surface area contributed by atoms with Crippen LogP contribution in [-0.4, -0.2) is 49.1 Å². The van der Waals surface area contributed by atoms with E-state index in [1.54, 1.807) is 11.8 Å². The van der Waals surface area contributed by atoms with Gasteiger partial charge in [0, 0.05) is 13.1 Å². The maximum Gasteiger partial charge on any atom is 0.245 e. The molecule has 1 aliphatic heterocycles. The monoisotopic (exact) mass is 344 g/mol. The Balaban J connectivity index is 1.74. The van der Waals surface area contributed by atoms with Crippen molar-refractivity contribution >= 4 is 11.8 Å².